The summed E-state index contributed by atoms with van der Waals surface area (Å²) >= 11 is 1.45. The summed E-state index contributed by atoms with van der Waals surface area (Å²) in [6.07, 6.45) is 4.30. The molecule has 1 aromatic heterocycles. The van der Waals surface area contributed by atoms with E-state index >= 15 is 0 Å². The van der Waals surface area contributed by atoms with Crippen LogP contribution in [0.15, 0.2) is 35.6 Å². The van der Waals surface area contributed by atoms with Gasteiger partial charge in [0.1, 0.15) is 23.2 Å². The SMILES string of the molecule is COc1ccc(CCNc2nc(SC)ncc2C#N)cc1. The molecule has 0 amide bonds. The lowest BCUT2D eigenvalue weighted by Gasteiger charge is -2.08. The molecular formula is C15H16N4OS. The summed E-state index contributed by atoms with van der Waals surface area (Å²) < 4.78 is 5.13. The van der Waals surface area contributed by atoms with E-state index in [-0.39, 0.29) is 0 Å². The molecule has 21 heavy (non-hydrogen) atoms. The second-order valence-corrected chi connectivity index (χ2v) is 5.03. The number of nitrogens with one attached hydrogen (secondary N) is 1. The largest absolute Gasteiger partial charge is 0.497 e. The minimum atomic E-state index is 0.461. The first-order chi connectivity index (χ1) is 10.3. The van der Waals surface area contributed by atoms with Gasteiger partial charge in [0.2, 0.25) is 0 Å². The minimum absolute atomic E-state index is 0.461. The normalized spacial score (nSPS) is 9.95. The zero-order valence-electron chi connectivity index (χ0n) is 12.0. The monoisotopic (exact) mass is 300 g/mol. The fourth-order valence-electron chi connectivity index (χ4n) is 1.80. The van der Waals surface area contributed by atoms with Crippen molar-refractivity contribution in [3.63, 3.8) is 0 Å². The number of hydrogen-bond donors (Lipinski definition) is 1. The number of nitrogens with zero attached hydrogens (tertiary/aromatic N) is 3. The lowest BCUT2D eigenvalue weighted by atomic mass is 10.1. The zero-order valence-corrected chi connectivity index (χ0v) is 12.8. The average molecular weight is 300 g/mol. The third kappa shape index (κ3) is 4.10. The lowest BCUT2D eigenvalue weighted by molar-refractivity contribution is 0.414. The fraction of sp³-hybridized carbons (Fsp3) is 0.267. The summed E-state index contributed by atoms with van der Waals surface area (Å²) in [6, 6.07) is 10.0. The van der Waals surface area contributed by atoms with Crippen molar-refractivity contribution in [1.82, 2.24) is 9.97 Å². The Kier molecular flexibility index (Phi) is 5.41. The van der Waals surface area contributed by atoms with E-state index in [2.05, 4.69) is 21.4 Å². The zero-order chi connectivity index (χ0) is 15.1. The van der Waals surface area contributed by atoms with Gasteiger partial charge >= 0.3 is 0 Å². The van der Waals surface area contributed by atoms with E-state index in [4.69, 9.17) is 10.00 Å². The molecule has 2 aromatic rings. The van der Waals surface area contributed by atoms with Crippen molar-refractivity contribution in [2.45, 2.75) is 11.6 Å². The Bertz CT molecular complexity index is 637. The van der Waals surface area contributed by atoms with E-state index < -0.39 is 0 Å². The van der Waals surface area contributed by atoms with Gasteiger partial charge in [0.05, 0.1) is 13.3 Å². The highest BCUT2D eigenvalue weighted by Crippen LogP contribution is 2.16. The van der Waals surface area contributed by atoms with Crippen molar-refractivity contribution >= 4 is 17.6 Å². The molecule has 0 aliphatic heterocycles. The summed E-state index contributed by atoms with van der Waals surface area (Å²) in [4.78, 5) is 8.41. The highest BCUT2D eigenvalue weighted by molar-refractivity contribution is 7.98. The molecule has 0 radical (unpaired) electrons. The van der Waals surface area contributed by atoms with Gasteiger partial charge in [-0.2, -0.15) is 5.26 Å². The van der Waals surface area contributed by atoms with Crippen LogP contribution in [0, 0.1) is 11.3 Å². The van der Waals surface area contributed by atoms with Crippen molar-refractivity contribution in [2.24, 2.45) is 0 Å². The summed E-state index contributed by atoms with van der Waals surface area (Å²) in [5, 5.41) is 12.9. The van der Waals surface area contributed by atoms with Crippen molar-refractivity contribution in [2.75, 3.05) is 25.2 Å². The molecule has 1 N–H and O–H groups in total. The number of nitriles is 1. The molecule has 108 valence electrons. The highest BCUT2D eigenvalue weighted by atomic mass is 32.2. The Labute approximate surface area is 128 Å². The van der Waals surface area contributed by atoms with Gasteiger partial charge in [0, 0.05) is 6.54 Å². The number of methoxy groups -OCH3 is 1. The van der Waals surface area contributed by atoms with Crippen LogP contribution in [0.4, 0.5) is 5.82 Å². The number of ether oxygens (including phenoxy) is 1. The van der Waals surface area contributed by atoms with Crippen LogP contribution in [0.5, 0.6) is 5.75 Å². The van der Waals surface area contributed by atoms with E-state index in [0.29, 0.717) is 23.1 Å². The molecule has 0 aliphatic rings. The van der Waals surface area contributed by atoms with Crippen LogP contribution in [-0.4, -0.2) is 29.9 Å². The van der Waals surface area contributed by atoms with E-state index in [9.17, 15) is 0 Å². The topological polar surface area (TPSA) is 70.8 Å². The Morgan fingerprint density at radius 2 is 2.10 bits per heavy atom. The standard InChI is InChI=1S/C15H16N4OS/c1-20-13-5-3-11(4-6-13)7-8-17-14-12(9-16)10-18-15(19-14)21-2/h3-6,10H,7-8H2,1-2H3,(H,17,18,19). The van der Waals surface area contributed by atoms with Crippen LogP contribution < -0.4 is 10.1 Å². The smallest absolute Gasteiger partial charge is 0.189 e. The third-order valence-electron chi connectivity index (χ3n) is 2.93. The second-order valence-electron chi connectivity index (χ2n) is 4.26. The van der Waals surface area contributed by atoms with Crippen LogP contribution in [0.3, 0.4) is 0 Å². The lowest BCUT2D eigenvalue weighted by Crippen LogP contribution is -2.09. The van der Waals surface area contributed by atoms with Gasteiger partial charge in [-0.15, -0.1) is 0 Å². The Morgan fingerprint density at radius 3 is 2.71 bits per heavy atom. The molecule has 1 aromatic carbocycles. The number of anilines is 1. The molecule has 0 saturated carbocycles. The van der Waals surface area contributed by atoms with Gasteiger partial charge in [0.15, 0.2) is 5.16 Å². The number of rotatable bonds is 6. The van der Waals surface area contributed by atoms with Crippen LogP contribution in [0.25, 0.3) is 0 Å². The minimum Gasteiger partial charge on any atom is -0.497 e. The maximum absolute atomic E-state index is 9.07. The predicted octanol–water partition coefficient (Wildman–Crippen LogP) is 2.73. The van der Waals surface area contributed by atoms with Crippen molar-refractivity contribution < 1.29 is 4.74 Å². The third-order valence-corrected chi connectivity index (χ3v) is 3.50. The summed E-state index contributed by atoms with van der Waals surface area (Å²) in [6.45, 7) is 0.700. The molecule has 0 bridgehead atoms. The molecule has 0 saturated heterocycles. The molecule has 0 aliphatic carbocycles. The molecular weight excluding hydrogens is 284 g/mol. The molecule has 2 rings (SSSR count). The number of thioether (sulfide) groups is 1. The Hall–Kier alpha value is -2.26. The maximum atomic E-state index is 9.07. The van der Waals surface area contributed by atoms with Gasteiger partial charge < -0.3 is 10.1 Å². The van der Waals surface area contributed by atoms with E-state index in [1.165, 1.54) is 17.3 Å². The van der Waals surface area contributed by atoms with Gasteiger partial charge in [-0.25, -0.2) is 9.97 Å². The van der Waals surface area contributed by atoms with Crippen molar-refractivity contribution in [3.8, 4) is 11.8 Å². The summed E-state index contributed by atoms with van der Waals surface area (Å²) in [7, 11) is 1.65. The van der Waals surface area contributed by atoms with E-state index in [1.807, 2.05) is 30.5 Å². The van der Waals surface area contributed by atoms with Gasteiger partial charge in [-0.05, 0) is 30.4 Å². The predicted molar refractivity (Wildman–Crippen MR) is 83.7 cm³/mol. The van der Waals surface area contributed by atoms with Crippen LogP contribution in [0.1, 0.15) is 11.1 Å². The van der Waals surface area contributed by atoms with Crippen LogP contribution >= 0.6 is 11.8 Å². The molecule has 5 nitrogen and oxygen atoms in total. The highest BCUT2D eigenvalue weighted by Gasteiger charge is 2.06. The van der Waals surface area contributed by atoms with Crippen molar-refractivity contribution in [3.05, 3.63) is 41.6 Å². The fourth-order valence-corrected chi connectivity index (χ4v) is 2.14. The van der Waals surface area contributed by atoms with Gasteiger partial charge in [0.25, 0.3) is 0 Å². The molecule has 6 heteroatoms. The van der Waals surface area contributed by atoms with Gasteiger partial charge in [-0.3, -0.25) is 0 Å². The first-order valence-electron chi connectivity index (χ1n) is 6.44. The number of hydrogen-bond acceptors (Lipinski definition) is 6. The first kappa shape index (κ1) is 15.1. The number of benzene rings is 1. The quantitative estimate of drug-likeness (QED) is 0.653. The Morgan fingerprint density at radius 1 is 1.33 bits per heavy atom. The van der Waals surface area contributed by atoms with Crippen LogP contribution in [0.2, 0.25) is 0 Å². The maximum Gasteiger partial charge on any atom is 0.189 e. The summed E-state index contributed by atoms with van der Waals surface area (Å²) in [5.41, 5.74) is 1.66. The number of aromatic nitrogens is 2. The van der Waals surface area contributed by atoms with E-state index in [1.54, 1.807) is 13.3 Å². The van der Waals surface area contributed by atoms with Crippen molar-refractivity contribution in [1.29, 1.82) is 5.26 Å². The molecule has 1 heterocycles. The average Bonchev–Trinajstić information content (AvgIpc) is 2.55. The van der Waals surface area contributed by atoms with Crippen LogP contribution in [-0.2, 0) is 6.42 Å². The summed E-state index contributed by atoms with van der Waals surface area (Å²) in [5.74, 6) is 1.43. The van der Waals surface area contributed by atoms with E-state index in [0.717, 1.165) is 12.2 Å². The first-order valence-corrected chi connectivity index (χ1v) is 7.67. The second kappa shape index (κ2) is 7.50. The Balaban J connectivity index is 1.97. The van der Waals surface area contributed by atoms with Gasteiger partial charge in [-0.1, -0.05) is 23.9 Å². The molecule has 0 atom stereocenters. The molecule has 0 unspecified atom stereocenters. The molecule has 0 spiro atoms. The molecule has 0 fully saturated rings.